The largest absolute Gasteiger partial charge is 0.435 e. The number of benzene rings is 1. The lowest BCUT2D eigenvalue weighted by Crippen LogP contribution is -2.12. The number of ether oxygens (including phenoxy) is 2. The van der Waals surface area contributed by atoms with E-state index in [9.17, 15) is 13.2 Å². The Morgan fingerprint density at radius 2 is 1.88 bits per heavy atom. The Hall–Kier alpha value is -1.22. The van der Waals surface area contributed by atoms with E-state index in [0.717, 1.165) is 5.56 Å². The Balaban J connectivity index is 1.91. The van der Waals surface area contributed by atoms with Crippen LogP contribution in [0.4, 0.5) is 13.2 Å². The minimum atomic E-state index is -4.57. The summed E-state index contributed by atoms with van der Waals surface area (Å²) in [5.74, 6) is 0.480. The molecule has 1 aromatic heterocycles. The molecule has 2 heterocycles. The van der Waals surface area contributed by atoms with Crippen LogP contribution < -0.4 is 0 Å². The lowest BCUT2D eigenvalue weighted by atomic mass is 10.2. The predicted octanol–water partition coefficient (Wildman–Crippen LogP) is 4.43. The maximum atomic E-state index is 13.3. The van der Waals surface area contributed by atoms with Crippen LogP contribution in [0.2, 0.25) is 5.02 Å². The van der Waals surface area contributed by atoms with Crippen molar-refractivity contribution in [2.45, 2.75) is 23.2 Å². The molecule has 3 rings (SSSR count). The second-order valence-corrected chi connectivity index (χ2v) is 6.58. The van der Waals surface area contributed by atoms with Crippen molar-refractivity contribution in [3.05, 3.63) is 46.1 Å². The highest BCUT2D eigenvalue weighted by Gasteiger charge is 2.42. The molecule has 0 unspecified atom stereocenters. The highest BCUT2D eigenvalue weighted by molar-refractivity contribution is 7.98. The van der Waals surface area contributed by atoms with E-state index in [1.165, 1.54) is 23.5 Å². The van der Waals surface area contributed by atoms with Crippen LogP contribution in [0.15, 0.2) is 29.3 Å². The van der Waals surface area contributed by atoms with Crippen LogP contribution in [0.25, 0.3) is 0 Å². The van der Waals surface area contributed by atoms with Gasteiger partial charge in [-0.05, 0) is 17.7 Å². The summed E-state index contributed by atoms with van der Waals surface area (Å²) in [6, 6.07) is 7.15. The molecule has 130 valence electrons. The quantitative estimate of drug-likeness (QED) is 0.737. The smallest absolute Gasteiger partial charge is 0.346 e. The molecule has 0 saturated carbocycles. The Kier molecular flexibility index (Phi) is 5.10. The first-order chi connectivity index (χ1) is 11.4. The first-order valence-corrected chi connectivity index (χ1v) is 8.47. The van der Waals surface area contributed by atoms with Crippen LogP contribution in [-0.2, 0) is 28.5 Å². The van der Waals surface area contributed by atoms with Gasteiger partial charge in [-0.15, -0.1) is 11.8 Å². The summed E-state index contributed by atoms with van der Waals surface area (Å²) >= 11 is 7.09. The summed E-state index contributed by atoms with van der Waals surface area (Å²) in [4.78, 5) is 0. The normalized spacial score (nSPS) is 16.0. The van der Waals surface area contributed by atoms with Crippen molar-refractivity contribution < 1.29 is 22.6 Å². The van der Waals surface area contributed by atoms with Gasteiger partial charge in [-0.3, -0.25) is 4.68 Å². The Morgan fingerprint density at radius 3 is 2.46 bits per heavy atom. The molecule has 1 aliphatic heterocycles. The van der Waals surface area contributed by atoms with Crippen molar-refractivity contribution in [1.29, 1.82) is 0 Å². The second kappa shape index (κ2) is 6.95. The van der Waals surface area contributed by atoms with Crippen LogP contribution in [0.1, 0.15) is 23.1 Å². The van der Waals surface area contributed by atoms with E-state index in [1.807, 2.05) is 12.1 Å². The SMILES string of the molecule is Cn1nc(C(F)(F)F)c(C2OCCO2)c1SCc1ccc(Cl)cc1. The number of aromatic nitrogens is 2. The number of halogens is 4. The molecule has 2 aromatic rings. The molecule has 1 aromatic carbocycles. The van der Waals surface area contributed by atoms with Crippen molar-refractivity contribution in [1.82, 2.24) is 9.78 Å². The zero-order valence-corrected chi connectivity index (χ0v) is 14.2. The highest BCUT2D eigenvalue weighted by atomic mass is 35.5. The summed E-state index contributed by atoms with van der Waals surface area (Å²) in [5.41, 5.74) is -0.0738. The zero-order chi connectivity index (χ0) is 17.3. The standard InChI is InChI=1S/C15H14ClF3N2O2S/c1-21-13(24-8-9-2-4-10(16)5-3-9)11(14-22-6-7-23-14)12(20-21)15(17,18)19/h2-5,14H,6-8H2,1H3. The summed E-state index contributed by atoms with van der Waals surface area (Å²) < 4.78 is 51.7. The van der Waals surface area contributed by atoms with Crippen LogP contribution in [0, 0.1) is 0 Å². The summed E-state index contributed by atoms with van der Waals surface area (Å²) in [6.45, 7) is 0.524. The van der Waals surface area contributed by atoms with Gasteiger partial charge in [-0.1, -0.05) is 23.7 Å². The lowest BCUT2D eigenvalue weighted by molar-refractivity contribution is -0.146. The number of rotatable bonds is 4. The minimum Gasteiger partial charge on any atom is -0.346 e. The minimum absolute atomic E-state index is 0.0542. The van der Waals surface area contributed by atoms with E-state index in [-0.39, 0.29) is 18.8 Å². The van der Waals surface area contributed by atoms with Gasteiger partial charge in [0, 0.05) is 17.8 Å². The zero-order valence-electron chi connectivity index (χ0n) is 12.6. The van der Waals surface area contributed by atoms with Crippen molar-refractivity contribution in [3.63, 3.8) is 0 Å². The molecule has 0 spiro atoms. The van der Waals surface area contributed by atoms with Gasteiger partial charge < -0.3 is 9.47 Å². The van der Waals surface area contributed by atoms with Crippen molar-refractivity contribution >= 4 is 23.4 Å². The molecule has 0 bridgehead atoms. The molecule has 0 amide bonds. The molecule has 1 aliphatic rings. The van der Waals surface area contributed by atoms with Gasteiger partial charge in [0.1, 0.15) is 5.03 Å². The fourth-order valence-electron chi connectivity index (χ4n) is 2.38. The fraction of sp³-hybridized carbons (Fsp3) is 0.400. The van der Waals surface area contributed by atoms with Crippen molar-refractivity contribution in [3.8, 4) is 0 Å². The summed E-state index contributed by atoms with van der Waals surface area (Å²) in [5, 5.41) is 4.63. The number of aryl methyl sites for hydroxylation is 1. The van der Waals surface area contributed by atoms with Crippen LogP contribution in [0.5, 0.6) is 0 Å². The Morgan fingerprint density at radius 1 is 1.25 bits per heavy atom. The Labute approximate surface area is 145 Å². The lowest BCUT2D eigenvalue weighted by Gasteiger charge is -2.13. The third-order valence-corrected chi connectivity index (χ3v) is 4.93. The predicted molar refractivity (Wildman–Crippen MR) is 83.9 cm³/mol. The van der Waals surface area contributed by atoms with E-state index in [0.29, 0.717) is 15.8 Å². The third kappa shape index (κ3) is 3.72. The maximum Gasteiger partial charge on any atom is 0.435 e. The molecule has 4 nitrogen and oxygen atoms in total. The number of hydrogen-bond acceptors (Lipinski definition) is 4. The van der Waals surface area contributed by atoms with Gasteiger partial charge in [0.2, 0.25) is 0 Å². The molecular weight excluding hydrogens is 365 g/mol. The molecule has 24 heavy (non-hydrogen) atoms. The number of alkyl halides is 3. The molecular formula is C15H14ClF3N2O2S. The molecule has 9 heteroatoms. The highest BCUT2D eigenvalue weighted by Crippen LogP contribution is 2.42. The molecule has 0 aliphatic carbocycles. The number of thioether (sulfide) groups is 1. The van der Waals surface area contributed by atoms with E-state index in [1.54, 1.807) is 12.1 Å². The van der Waals surface area contributed by atoms with Gasteiger partial charge in [0.25, 0.3) is 0 Å². The molecule has 1 fully saturated rings. The van der Waals surface area contributed by atoms with Gasteiger partial charge in [0.05, 0.1) is 18.8 Å². The topological polar surface area (TPSA) is 36.3 Å². The maximum absolute atomic E-state index is 13.3. The number of hydrogen-bond donors (Lipinski definition) is 0. The third-order valence-electron chi connectivity index (χ3n) is 3.44. The molecule has 0 radical (unpaired) electrons. The van der Waals surface area contributed by atoms with Crippen LogP contribution in [0.3, 0.4) is 0 Å². The van der Waals surface area contributed by atoms with Crippen LogP contribution in [-0.4, -0.2) is 23.0 Å². The van der Waals surface area contributed by atoms with Gasteiger partial charge in [-0.2, -0.15) is 18.3 Å². The second-order valence-electron chi connectivity index (χ2n) is 5.18. The van der Waals surface area contributed by atoms with Gasteiger partial charge in [0.15, 0.2) is 12.0 Å². The summed E-state index contributed by atoms with van der Waals surface area (Å²) in [7, 11) is 1.48. The monoisotopic (exact) mass is 378 g/mol. The van der Waals surface area contributed by atoms with E-state index in [2.05, 4.69) is 5.10 Å². The van der Waals surface area contributed by atoms with E-state index < -0.39 is 18.2 Å². The average molecular weight is 379 g/mol. The fourth-order valence-corrected chi connectivity index (χ4v) is 3.57. The van der Waals surface area contributed by atoms with Crippen molar-refractivity contribution in [2.75, 3.05) is 13.2 Å². The van der Waals surface area contributed by atoms with Gasteiger partial charge >= 0.3 is 6.18 Å². The van der Waals surface area contributed by atoms with Crippen molar-refractivity contribution in [2.24, 2.45) is 7.05 Å². The molecule has 1 saturated heterocycles. The van der Waals surface area contributed by atoms with E-state index >= 15 is 0 Å². The van der Waals surface area contributed by atoms with Crippen LogP contribution >= 0.6 is 23.4 Å². The molecule has 0 N–H and O–H groups in total. The first-order valence-electron chi connectivity index (χ1n) is 7.11. The van der Waals surface area contributed by atoms with Gasteiger partial charge in [-0.25, -0.2) is 0 Å². The Bertz CT molecular complexity index is 713. The summed E-state index contributed by atoms with van der Waals surface area (Å²) in [6.07, 6.45) is -5.61. The average Bonchev–Trinajstić information content (AvgIpc) is 3.14. The number of nitrogens with zero attached hydrogens (tertiary/aromatic N) is 2. The molecule has 0 atom stereocenters. The van der Waals surface area contributed by atoms with E-state index in [4.69, 9.17) is 21.1 Å². The first kappa shape index (κ1) is 17.6.